The van der Waals surface area contributed by atoms with Crippen molar-refractivity contribution < 1.29 is 9.90 Å². The van der Waals surface area contributed by atoms with E-state index >= 15 is 0 Å². The molecule has 0 heterocycles. The van der Waals surface area contributed by atoms with Crippen LogP contribution in [-0.4, -0.2) is 16.5 Å². The zero-order chi connectivity index (χ0) is 9.84. The summed E-state index contributed by atoms with van der Waals surface area (Å²) in [5.41, 5.74) is 0.289. The van der Waals surface area contributed by atoms with Gasteiger partial charge in [0, 0.05) is 11.0 Å². The average Bonchev–Trinajstić information content (AvgIpc) is 2.08. The first-order chi connectivity index (χ1) is 6.11. The normalized spacial score (nSPS) is 28.4. The Bertz CT molecular complexity index is 213. The number of rotatable bonds is 3. The van der Waals surface area contributed by atoms with Crippen molar-refractivity contribution in [3.63, 3.8) is 0 Å². The standard InChI is InChI=1S/C10H15ClO2/c1-7(10(12)13)6-8-4-2-3-5-9(8)11/h8-9H,1-6H2,(H,12,13). The monoisotopic (exact) mass is 202 g/mol. The zero-order valence-electron chi connectivity index (χ0n) is 7.63. The molecule has 1 aliphatic carbocycles. The number of aliphatic carboxylic acids is 1. The van der Waals surface area contributed by atoms with E-state index in [1.807, 2.05) is 0 Å². The van der Waals surface area contributed by atoms with Crippen molar-refractivity contribution >= 4 is 17.6 Å². The molecule has 0 spiro atoms. The second-order valence-electron chi connectivity index (χ2n) is 3.67. The van der Waals surface area contributed by atoms with Gasteiger partial charge >= 0.3 is 5.97 Å². The van der Waals surface area contributed by atoms with Crippen LogP contribution in [0.2, 0.25) is 0 Å². The molecule has 0 aromatic carbocycles. The summed E-state index contributed by atoms with van der Waals surface area (Å²) in [4.78, 5) is 10.5. The minimum atomic E-state index is -0.894. The van der Waals surface area contributed by atoms with Gasteiger partial charge in [-0.1, -0.05) is 19.4 Å². The van der Waals surface area contributed by atoms with E-state index in [1.165, 1.54) is 12.8 Å². The predicted molar refractivity (Wildman–Crippen MR) is 53.0 cm³/mol. The van der Waals surface area contributed by atoms with Gasteiger partial charge < -0.3 is 5.11 Å². The van der Waals surface area contributed by atoms with E-state index in [1.54, 1.807) is 0 Å². The van der Waals surface area contributed by atoms with Crippen molar-refractivity contribution in [2.75, 3.05) is 0 Å². The molecule has 3 heteroatoms. The summed E-state index contributed by atoms with van der Waals surface area (Å²) in [5.74, 6) is -0.576. The van der Waals surface area contributed by atoms with Gasteiger partial charge in [-0.2, -0.15) is 0 Å². The molecule has 0 bridgehead atoms. The Morgan fingerprint density at radius 1 is 1.46 bits per heavy atom. The number of hydrogen-bond acceptors (Lipinski definition) is 1. The van der Waals surface area contributed by atoms with Crippen molar-refractivity contribution in [1.29, 1.82) is 0 Å². The molecule has 0 aliphatic heterocycles. The maximum atomic E-state index is 10.5. The highest BCUT2D eigenvalue weighted by molar-refractivity contribution is 6.20. The van der Waals surface area contributed by atoms with Gasteiger partial charge in [-0.05, 0) is 25.2 Å². The highest BCUT2D eigenvalue weighted by Crippen LogP contribution is 2.32. The fourth-order valence-corrected chi connectivity index (χ4v) is 2.17. The van der Waals surface area contributed by atoms with Crippen molar-refractivity contribution in [1.82, 2.24) is 0 Å². The second kappa shape index (κ2) is 4.66. The molecule has 0 saturated heterocycles. The maximum absolute atomic E-state index is 10.5. The Kier molecular flexibility index (Phi) is 3.79. The summed E-state index contributed by atoms with van der Waals surface area (Å²) in [6.07, 6.45) is 4.94. The van der Waals surface area contributed by atoms with Gasteiger partial charge in [0.25, 0.3) is 0 Å². The molecule has 0 amide bonds. The van der Waals surface area contributed by atoms with Gasteiger partial charge in [-0.15, -0.1) is 11.6 Å². The predicted octanol–water partition coefficient (Wildman–Crippen LogP) is 2.81. The summed E-state index contributed by atoms with van der Waals surface area (Å²) >= 11 is 6.10. The van der Waals surface area contributed by atoms with Crippen LogP contribution in [0.15, 0.2) is 12.2 Å². The van der Waals surface area contributed by atoms with Crippen molar-refractivity contribution in [2.24, 2.45) is 5.92 Å². The summed E-state index contributed by atoms with van der Waals surface area (Å²) in [5, 5.41) is 8.80. The Labute approximate surface area is 83.6 Å². The highest BCUT2D eigenvalue weighted by atomic mass is 35.5. The van der Waals surface area contributed by atoms with Crippen LogP contribution in [0.3, 0.4) is 0 Å². The van der Waals surface area contributed by atoms with Crippen LogP contribution in [-0.2, 0) is 4.79 Å². The quantitative estimate of drug-likeness (QED) is 0.565. The van der Waals surface area contributed by atoms with E-state index in [0.717, 1.165) is 12.8 Å². The molecule has 1 saturated carbocycles. The number of alkyl halides is 1. The van der Waals surface area contributed by atoms with E-state index in [0.29, 0.717) is 12.3 Å². The molecule has 2 unspecified atom stereocenters. The topological polar surface area (TPSA) is 37.3 Å². The largest absolute Gasteiger partial charge is 0.478 e. The third kappa shape index (κ3) is 3.03. The van der Waals surface area contributed by atoms with Gasteiger partial charge in [0.05, 0.1) is 0 Å². The fraction of sp³-hybridized carbons (Fsp3) is 0.700. The highest BCUT2D eigenvalue weighted by Gasteiger charge is 2.24. The van der Waals surface area contributed by atoms with E-state index in [2.05, 4.69) is 6.58 Å². The Morgan fingerprint density at radius 2 is 2.08 bits per heavy atom. The van der Waals surface area contributed by atoms with Crippen LogP contribution in [0.5, 0.6) is 0 Å². The number of carboxylic acid groups (broad SMARTS) is 1. The lowest BCUT2D eigenvalue weighted by Gasteiger charge is -2.26. The first-order valence-corrected chi connectivity index (χ1v) is 5.10. The van der Waals surface area contributed by atoms with Crippen LogP contribution in [0, 0.1) is 5.92 Å². The summed E-state index contributed by atoms with van der Waals surface area (Å²) in [6, 6.07) is 0. The van der Waals surface area contributed by atoms with E-state index < -0.39 is 5.97 Å². The first-order valence-electron chi connectivity index (χ1n) is 4.66. The van der Waals surface area contributed by atoms with Gasteiger partial charge in [0.1, 0.15) is 0 Å². The van der Waals surface area contributed by atoms with E-state index in [4.69, 9.17) is 16.7 Å². The number of carboxylic acids is 1. The van der Waals surface area contributed by atoms with Crippen molar-refractivity contribution in [3.8, 4) is 0 Å². The Hall–Kier alpha value is -0.500. The second-order valence-corrected chi connectivity index (χ2v) is 4.23. The Balaban J connectivity index is 2.42. The zero-order valence-corrected chi connectivity index (χ0v) is 8.39. The van der Waals surface area contributed by atoms with Crippen LogP contribution in [0.4, 0.5) is 0 Å². The van der Waals surface area contributed by atoms with Gasteiger partial charge in [-0.3, -0.25) is 0 Å². The smallest absolute Gasteiger partial charge is 0.330 e. The molecule has 0 aromatic heterocycles. The maximum Gasteiger partial charge on any atom is 0.330 e. The average molecular weight is 203 g/mol. The van der Waals surface area contributed by atoms with Crippen LogP contribution >= 0.6 is 11.6 Å². The lowest BCUT2D eigenvalue weighted by atomic mass is 9.84. The number of hydrogen-bond donors (Lipinski definition) is 1. The minimum absolute atomic E-state index is 0.143. The van der Waals surface area contributed by atoms with Crippen LogP contribution < -0.4 is 0 Å². The van der Waals surface area contributed by atoms with Crippen molar-refractivity contribution in [3.05, 3.63) is 12.2 Å². The van der Waals surface area contributed by atoms with Crippen molar-refractivity contribution in [2.45, 2.75) is 37.5 Å². The first kappa shape index (κ1) is 10.6. The van der Waals surface area contributed by atoms with E-state index in [-0.39, 0.29) is 11.0 Å². The lowest BCUT2D eigenvalue weighted by molar-refractivity contribution is -0.132. The molecule has 0 radical (unpaired) electrons. The molecule has 2 atom stereocenters. The fourth-order valence-electron chi connectivity index (χ4n) is 1.80. The molecule has 74 valence electrons. The number of halogens is 1. The third-order valence-electron chi connectivity index (χ3n) is 2.63. The van der Waals surface area contributed by atoms with Crippen LogP contribution in [0.25, 0.3) is 0 Å². The minimum Gasteiger partial charge on any atom is -0.478 e. The molecular weight excluding hydrogens is 188 g/mol. The SMILES string of the molecule is C=C(CC1CCCCC1Cl)C(=O)O. The molecular formula is C10H15ClO2. The van der Waals surface area contributed by atoms with Gasteiger partial charge in [-0.25, -0.2) is 4.79 Å². The summed E-state index contributed by atoms with van der Waals surface area (Å²) in [6.45, 7) is 3.52. The molecule has 1 aliphatic rings. The summed E-state index contributed by atoms with van der Waals surface area (Å²) in [7, 11) is 0. The van der Waals surface area contributed by atoms with Crippen LogP contribution in [0.1, 0.15) is 32.1 Å². The molecule has 1 rings (SSSR count). The third-order valence-corrected chi connectivity index (χ3v) is 3.20. The molecule has 1 N–H and O–H groups in total. The van der Waals surface area contributed by atoms with Gasteiger partial charge in [0.2, 0.25) is 0 Å². The Morgan fingerprint density at radius 3 is 2.62 bits per heavy atom. The molecule has 0 aromatic rings. The molecule has 1 fully saturated rings. The number of carbonyl (C=O) groups is 1. The van der Waals surface area contributed by atoms with Gasteiger partial charge in [0.15, 0.2) is 0 Å². The van der Waals surface area contributed by atoms with E-state index in [9.17, 15) is 4.79 Å². The lowest BCUT2D eigenvalue weighted by Crippen LogP contribution is -2.21. The summed E-state index contributed by atoms with van der Waals surface area (Å²) < 4.78 is 0. The molecule has 13 heavy (non-hydrogen) atoms. The molecule has 2 nitrogen and oxygen atoms in total.